The fourth-order valence-corrected chi connectivity index (χ4v) is 0. The molecule has 0 saturated heterocycles. The van der Waals surface area contributed by atoms with Gasteiger partial charge in [-0.25, -0.2) is 0 Å². The van der Waals surface area contributed by atoms with Crippen molar-refractivity contribution in [2.45, 2.75) is 0 Å². The molecule has 0 aliphatic rings. The largest absolute Gasteiger partial charge is 2.00 e. The quantitative estimate of drug-likeness (QED) is 0.336. The second-order valence-electron chi connectivity index (χ2n) is 0.448. The van der Waals surface area contributed by atoms with Gasteiger partial charge >= 0.3 is 71.2 Å². The molecule has 0 bridgehead atoms. The van der Waals surface area contributed by atoms with Crippen molar-refractivity contribution in [1.82, 2.24) is 6.15 Å². The van der Waals surface area contributed by atoms with Crippen molar-refractivity contribution in [3.63, 3.8) is 0 Å². The fourth-order valence-electron chi connectivity index (χ4n) is 0. The van der Waals surface area contributed by atoms with Gasteiger partial charge in [-0.15, -0.1) is 0 Å². The zero-order valence-corrected chi connectivity index (χ0v) is 8.68. The summed E-state index contributed by atoms with van der Waals surface area (Å²) in [4.78, 5) is 0. The van der Waals surface area contributed by atoms with E-state index in [0.29, 0.717) is 0 Å². The van der Waals surface area contributed by atoms with Crippen LogP contribution in [0.1, 0.15) is 5.71 Å². The summed E-state index contributed by atoms with van der Waals surface area (Å²) in [6.07, 6.45) is 0. The fraction of sp³-hybridized carbons (Fsp3) is 0. The zero-order valence-electron chi connectivity index (χ0n) is 8.24. The topological polar surface area (TPSA) is 110 Å². The Kier molecular flexibility index (Phi) is 25.0. The van der Waals surface area contributed by atoms with Gasteiger partial charge in [-0.05, 0) is 0 Å². The van der Waals surface area contributed by atoms with E-state index in [1.807, 2.05) is 0 Å². The molecule has 0 aliphatic carbocycles. The summed E-state index contributed by atoms with van der Waals surface area (Å²) in [7, 11) is -4.67. The summed E-state index contributed by atoms with van der Waals surface area (Å²) in [6.45, 7) is 0. The Morgan fingerprint density at radius 1 is 1.25 bits per heavy atom. The molecular formula is H9CaMgNO4S. The Hall–Kier alpha value is 1.86. The Bertz CT molecular complexity index is 110. The van der Waals surface area contributed by atoms with Crippen LogP contribution >= 0.6 is 0 Å². The van der Waals surface area contributed by atoms with E-state index in [1.165, 1.54) is 0 Å². The van der Waals surface area contributed by atoms with Crippen LogP contribution in [0.4, 0.5) is 0 Å². The molecule has 0 fully saturated rings. The van der Waals surface area contributed by atoms with Crippen molar-refractivity contribution >= 4 is 71.2 Å². The molecule has 5 N–H and O–H groups in total. The van der Waals surface area contributed by atoms with Gasteiger partial charge in [-0.2, -0.15) is 8.42 Å². The van der Waals surface area contributed by atoms with Crippen LogP contribution in [0.3, 0.4) is 0 Å². The molecule has 0 rings (SSSR count). The number of hydrogen-bond acceptors (Lipinski definition) is 3. The molecule has 0 radical (unpaired) electrons. The second-order valence-corrected chi connectivity index (χ2v) is 1.34. The minimum Gasteiger partial charge on any atom is -1.00 e. The standard InChI is InChI=1S/Ca.Mg.H3N.H2O4S.4H/c;;;1-5(2,3)4;;;;/h;;1H3;(H2,1,2,3,4);;;;/q2*+2;;;4*-1. The van der Waals surface area contributed by atoms with E-state index in [1.54, 1.807) is 0 Å². The number of rotatable bonds is 0. The molecular weight excluding hydrogens is 174 g/mol. The van der Waals surface area contributed by atoms with Crippen LogP contribution in [0.5, 0.6) is 0 Å². The summed E-state index contributed by atoms with van der Waals surface area (Å²) in [5.41, 5.74) is 0. The van der Waals surface area contributed by atoms with E-state index in [-0.39, 0.29) is 72.6 Å². The van der Waals surface area contributed by atoms with Crippen molar-refractivity contribution in [3.8, 4) is 0 Å². The van der Waals surface area contributed by atoms with Gasteiger partial charge in [-0.3, -0.25) is 9.11 Å². The Morgan fingerprint density at radius 3 is 1.25 bits per heavy atom. The van der Waals surface area contributed by atoms with Crippen molar-refractivity contribution in [1.29, 1.82) is 0 Å². The summed E-state index contributed by atoms with van der Waals surface area (Å²) in [5, 5.41) is 0. The molecule has 0 amide bonds. The van der Waals surface area contributed by atoms with Gasteiger partial charge in [-0.1, -0.05) is 0 Å². The average molecular weight is 184 g/mol. The van der Waals surface area contributed by atoms with E-state index in [9.17, 15) is 0 Å². The summed E-state index contributed by atoms with van der Waals surface area (Å²) < 4.78 is 31.6. The van der Waals surface area contributed by atoms with Gasteiger partial charge in [0.15, 0.2) is 0 Å². The first-order chi connectivity index (χ1) is 2.00. The van der Waals surface area contributed by atoms with Gasteiger partial charge in [0.25, 0.3) is 0 Å². The predicted octanol–water partition coefficient (Wildman–Crippen LogP) is -0.802. The van der Waals surface area contributed by atoms with E-state index < -0.39 is 10.4 Å². The Morgan fingerprint density at radius 2 is 1.25 bits per heavy atom. The van der Waals surface area contributed by atoms with E-state index >= 15 is 0 Å². The van der Waals surface area contributed by atoms with Gasteiger partial charge in [0.2, 0.25) is 0 Å². The van der Waals surface area contributed by atoms with Crippen LogP contribution in [0.25, 0.3) is 0 Å². The zero-order chi connectivity index (χ0) is 4.50. The van der Waals surface area contributed by atoms with Crippen molar-refractivity contribution < 1.29 is 23.2 Å². The molecule has 0 atom stereocenters. The Balaban J connectivity index is -0.00000000381. The molecule has 8 heavy (non-hydrogen) atoms. The maximum atomic E-state index is 8.74. The molecule has 0 heterocycles. The van der Waals surface area contributed by atoms with Crippen LogP contribution in [0, 0.1) is 0 Å². The monoisotopic (exact) mass is 183 g/mol. The van der Waals surface area contributed by atoms with Crippen LogP contribution in [-0.4, -0.2) is 78.3 Å². The molecule has 0 spiro atoms. The van der Waals surface area contributed by atoms with Crippen molar-refractivity contribution in [2.24, 2.45) is 0 Å². The molecule has 0 aromatic rings. The maximum absolute atomic E-state index is 8.74. The first-order valence-corrected chi connectivity index (χ1v) is 2.10. The smallest absolute Gasteiger partial charge is 1.00 e. The third-order valence-corrected chi connectivity index (χ3v) is 0. The minimum absolute atomic E-state index is 0. The molecule has 0 aliphatic heterocycles. The molecule has 0 unspecified atom stereocenters. The molecule has 5 nitrogen and oxygen atoms in total. The normalized spacial score (nSPS) is 7.25. The Labute approximate surface area is 99.5 Å². The minimum atomic E-state index is -4.67. The van der Waals surface area contributed by atoms with E-state index in [2.05, 4.69) is 0 Å². The molecule has 0 aromatic heterocycles. The van der Waals surface area contributed by atoms with Crippen molar-refractivity contribution in [2.75, 3.05) is 0 Å². The third kappa shape index (κ3) is 107. The van der Waals surface area contributed by atoms with Crippen molar-refractivity contribution in [3.05, 3.63) is 0 Å². The molecule has 0 aromatic carbocycles. The van der Waals surface area contributed by atoms with Gasteiger partial charge in [0.05, 0.1) is 0 Å². The number of hydrogen-bond donors (Lipinski definition) is 3. The van der Waals surface area contributed by atoms with Crippen LogP contribution in [0.2, 0.25) is 0 Å². The van der Waals surface area contributed by atoms with Gasteiger partial charge < -0.3 is 11.9 Å². The summed E-state index contributed by atoms with van der Waals surface area (Å²) in [6, 6.07) is 0. The molecule has 48 valence electrons. The summed E-state index contributed by atoms with van der Waals surface area (Å²) >= 11 is 0. The van der Waals surface area contributed by atoms with E-state index in [4.69, 9.17) is 17.5 Å². The second kappa shape index (κ2) is 8.86. The maximum Gasteiger partial charge on any atom is 2.00 e. The average Bonchev–Trinajstić information content (AvgIpc) is 0.722. The SMILES string of the molecule is N.O=S(=O)(O)O.[Ca+2].[H-].[H-].[H-].[H-].[Mg+2]. The van der Waals surface area contributed by atoms with Gasteiger partial charge in [0, 0.05) is 0 Å². The molecule has 0 saturated carbocycles. The van der Waals surface area contributed by atoms with Crippen LogP contribution < -0.4 is 6.15 Å². The molecule has 8 heteroatoms. The predicted molar refractivity (Wildman–Crippen MR) is 35.2 cm³/mol. The van der Waals surface area contributed by atoms with Crippen LogP contribution in [-0.2, 0) is 10.4 Å². The van der Waals surface area contributed by atoms with E-state index in [0.717, 1.165) is 0 Å². The first kappa shape index (κ1) is 22.5. The summed E-state index contributed by atoms with van der Waals surface area (Å²) in [5.74, 6) is 0. The first-order valence-electron chi connectivity index (χ1n) is 0.698. The third-order valence-electron chi connectivity index (χ3n) is 0. The van der Waals surface area contributed by atoms with Crippen LogP contribution in [0.15, 0.2) is 0 Å². The van der Waals surface area contributed by atoms with Gasteiger partial charge in [0.1, 0.15) is 0 Å².